The van der Waals surface area contributed by atoms with Gasteiger partial charge in [-0.15, -0.1) is 0 Å². The lowest BCUT2D eigenvalue weighted by atomic mass is 10.1. The van der Waals surface area contributed by atoms with Gasteiger partial charge in [-0.1, -0.05) is 55.8 Å². The Balaban J connectivity index is 0.00000112. The summed E-state index contributed by atoms with van der Waals surface area (Å²) in [6.07, 6.45) is -9.58. The van der Waals surface area contributed by atoms with E-state index in [4.69, 9.17) is 0 Å². The van der Waals surface area contributed by atoms with E-state index >= 15 is 0 Å². The second kappa shape index (κ2) is 8.52. The molecule has 2 rings (SSSR count). The molecule has 0 aliphatic heterocycles. The summed E-state index contributed by atoms with van der Waals surface area (Å²) in [5, 5.41) is -0.0252. The molecule has 0 bridgehead atoms. The predicted molar refractivity (Wildman–Crippen MR) is 82.1 cm³/mol. The van der Waals surface area contributed by atoms with Gasteiger partial charge in [0.1, 0.15) is 5.69 Å². The van der Waals surface area contributed by atoms with Crippen molar-refractivity contribution >= 4 is 26.8 Å². The average molecular weight is 404 g/mol. The average Bonchev–Trinajstić information content (AvgIpc) is 2.49. The Bertz CT molecular complexity index is 634. The van der Waals surface area contributed by atoms with E-state index in [0.29, 0.717) is 12.1 Å². The number of halogens is 7. The molecule has 1 nitrogen and oxygen atoms in total. The Hall–Kier alpha value is -1.31. The highest BCUT2D eigenvalue weighted by Gasteiger charge is 2.37. The predicted octanol–water partition coefficient (Wildman–Crippen LogP) is 7.09. The monoisotopic (exact) mass is 403 g/mol. The Kier molecular flexibility index (Phi) is 8.03. The van der Waals surface area contributed by atoms with Gasteiger partial charge in [-0.3, -0.25) is 0 Å². The molecule has 0 fully saturated rings. The molecule has 0 aliphatic rings. The first-order valence-corrected chi connectivity index (χ1v) is 7.63. The number of benzene rings is 1. The van der Waals surface area contributed by atoms with Crippen LogP contribution in [0.2, 0.25) is 0 Å². The maximum atomic E-state index is 12.7. The van der Waals surface area contributed by atoms with Crippen molar-refractivity contribution in [3.8, 4) is 0 Å². The van der Waals surface area contributed by atoms with Crippen molar-refractivity contribution in [2.24, 2.45) is 0 Å². The van der Waals surface area contributed by atoms with Crippen molar-refractivity contribution in [1.29, 1.82) is 0 Å². The number of rotatable bonds is 0. The standard InChI is InChI=1S/C11H4BrF6N.2C2H6/c12-7-4-8(11(16,17)18)19-9-5(7)2-1-3-6(9)10(13,14)15;2*1-2/h1-4H;2*1-2H3. The summed E-state index contributed by atoms with van der Waals surface area (Å²) in [6, 6.07) is 3.73. The summed E-state index contributed by atoms with van der Waals surface area (Å²) in [4.78, 5) is 3.10. The van der Waals surface area contributed by atoms with Crippen molar-refractivity contribution in [3.05, 3.63) is 40.0 Å². The lowest BCUT2D eigenvalue weighted by molar-refractivity contribution is -0.142. The van der Waals surface area contributed by atoms with Gasteiger partial charge in [-0.05, 0) is 12.1 Å². The summed E-state index contributed by atoms with van der Waals surface area (Å²) < 4.78 is 75.8. The number of hydrogen-bond donors (Lipinski definition) is 0. The number of aromatic nitrogens is 1. The van der Waals surface area contributed by atoms with Crippen LogP contribution in [-0.2, 0) is 12.4 Å². The quantitative estimate of drug-likeness (QED) is 0.428. The van der Waals surface area contributed by atoms with Crippen LogP contribution in [0.5, 0.6) is 0 Å². The third-order valence-electron chi connectivity index (χ3n) is 2.38. The molecule has 2 aromatic rings. The van der Waals surface area contributed by atoms with Crippen LogP contribution in [0.1, 0.15) is 39.0 Å². The van der Waals surface area contributed by atoms with Crippen LogP contribution in [0.3, 0.4) is 0 Å². The number of hydrogen-bond acceptors (Lipinski definition) is 1. The van der Waals surface area contributed by atoms with Gasteiger partial charge in [-0.25, -0.2) is 4.98 Å². The molecule has 0 spiro atoms. The molecule has 0 radical (unpaired) electrons. The van der Waals surface area contributed by atoms with Crippen LogP contribution in [0, 0.1) is 0 Å². The van der Waals surface area contributed by atoms with Crippen molar-refractivity contribution in [1.82, 2.24) is 4.98 Å². The molecule has 0 unspecified atom stereocenters. The minimum Gasteiger partial charge on any atom is -0.243 e. The van der Waals surface area contributed by atoms with Crippen LogP contribution >= 0.6 is 15.9 Å². The fourth-order valence-corrected chi connectivity index (χ4v) is 2.12. The second-order valence-corrected chi connectivity index (χ2v) is 4.54. The van der Waals surface area contributed by atoms with Gasteiger partial charge in [0.2, 0.25) is 0 Å². The van der Waals surface area contributed by atoms with E-state index in [9.17, 15) is 26.3 Å². The number of para-hydroxylation sites is 1. The number of fused-ring (bicyclic) bond motifs is 1. The van der Waals surface area contributed by atoms with Gasteiger partial charge in [0.15, 0.2) is 0 Å². The normalized spacial score (nSPS) is 11.3. The van der Waals surface area contributed by atoms with Gasteiger partial charge >= 0.3 is 12.4 Å². The fraction of sp³-hybridized carbons (Fsp3) is 0.400. The molecule has 23 heavy (non-hydrogen) atoms. The third kappa shape index (κ3) is 5.37. The van der Waals surface area contributed by atoms with Crippen LogP contribution in [-0.4, -0.2) is 4.98 Å². The smallest absolute Gasteiger partial charge is 0.243 e. The highest BCUT2D eigenvalue weighted by Crippen LogP contribution is 2.38. The molecule has 8 heteroatoms. The molecular weight excluding hydrogens is 388 g/mol. The van der Waals surface area contributed by atoms with E-state index in [-0.39, 0.29) is 9.86 Å². The maximum Gasteiger partial charge on any atom is 0.433 e. The third-order valence-corrected chi connectivity index (χ3v) is 3.04. The van der Waals surface area contributed by atoms with Gasteiger partial charge in [0.05, 0.1) is 11.1 Å². The summed E-state index contributed by atoms with van der Waals surface area (Å²) >= 11 is 2.83. The van der Waals surface area contributed by atoms with E-state index < -0.39 is 29.1 Å². The number of alkyl halides is 6. The molecule has 1 aromatic heterocycles. The highest BCUT2D eigenvalue weighted by atomic mass is 79.9. The van der Waals surface area contributed by atoms with Crippen molar-refractivity contribution in [2.75, 3.05) is 0 Å². The van der Waals surface area contributed by atoms with E-state index in [1.165, 1.54) is 6.07 Å². The molecule has 1 aromatic carbocycles. The van der Waals surface area contributed by atoms with Crippen molar-refractivity contribution in [3.63, 3.8) is 0 Å². The molecule has 130 valence electrons. The van der Waals surface area contributed by atoms with E-state index in [2.05, 4.69) is 20.9 Å². The topological polar surface area (TPSA) is 12.9 Å². The van der Waals surface area contributed by atoms with E-state index in [0.717, 1.165) is 6.07 Å². The Morgan fingerprint density at radius 3 is 1.83 bits per heavy atom. The second-order valence-electron chi connectivity index (χ2n) is 3.69. The summed E-state index contributed by atoms with van der Waals surface area (Å²) in [5.41, 5.74) is -3.29. The molecule has 1 heterocycles. The summed E-state index contributed by atoms with van der Waals surface area (Å²) in [6.45, 7) is 8.00. The van der Waals surface area contributed by atoms with Gasteiger partial charge < -0.3 is 0 Å². The first-order chi connectivity index (χ1) is 10.6. The Labute approximate surface area is 138 Å². The van der Waals surface area contributed by atoms with E-state index in [1.807, 2.05) is 27.7 Å². The molecule has 0 amide bonds. The fourth-order valence-electron chi connectivity index (χ4n) is 1.58. The molecule has 0 saturated carbocycles. The maximum absolute atomic E-state index is 12.7. The largest absolute Gasteiger partial charge is 0.433 e. The SMILES string of the molecule is CC.CC.FC(F)(F)c1cc(Br)c2cccc(C(F)(F)F)c2n1. The molecule has 0 N–H and O–H groups in total. The van der Waals surface area contributed by atoms with E-state index in [1.54, 1.807) is 0 Å². The summed E-state index contributed by atoms with van der Waals surface area (Å²) in [5.74, 6) is 0. The van der Waals surface area contributed by atoms with Gasteiger partial charge in [-0.2, -0.15) is 26.3 Å². The minimum atomic E-state index is -4.81. The Morgan fingerprint density at radius 1 is 0.870 bits per heavy atom. The lowest BCUT2D eigenvalue weighted by Crippen LogP contribution is -2.11. The lowest BCUT2D eigenvalue weighted by Gasteiger charge is -2.13. The molecule has 0 atom stereocenters. The van der Waals surface area contributed by atoms with Crippen LogP contribution in [0.4, 0.5) is 26.3 Å². The summed E-state index contributed by atoms with van der Waals surface area (Å²) in [7, 11) is 0. The zero-order chi connectivity index (χ0) is 18.4. The first-order valence-electron chi connectivity index (χ1n) is 6.84. The van der Waals surface area contributed by atoms with Crippen LogP contribution in [0.25, 0.3) is 10.9 Å². The minimum absolute atomic E-state index is 0.0252. The molecular formula is C15H16BrF6N. The molecule has 0 aliphatic carbocycles. The Morgan fingerprint density at radius 2 is 1.39 bits per heavy atom. The van der Waals surface area contributed by atoms with Crippen molar-refractivity contribution in [2.45, 2.75) is 40.0 Å². The molecule has 0 saturated heterocycles. The van der Waals surface area contributed by atoms with Crippen LogP contribution in [0.15, 0.2) is 28.7 Å². The number of nitrogens with zero attached hydrogens (tertiary/aromatic N) is 1. The highest BCUT2D eigenvalue weighted by molar-refractivity contribution is 9.10. The first kappa shape index (κ1) is 21.7. The zero-order valence-corrected chi connectivity index (χ0v) is 14.5. The van der Waals surface area contributed by atoms with Crippen LogP contribution < -0.4 is 0 Å². The van der Waals surface area contributed by atoms with Gasteiger partial charge in [0, 0.05) is 9.86 Å². The zero-order valence-electron chi connectivity index (χ0n) is 12.9. The van der Waals surface area contributed by atoms with Crippen molar-refractivity contribution < 1.29 is 26.3 Å². The van der Waals surface area contributed by atoms with Gasteiger partial charge in [0.25, 0.3) is 0 Å². The number of pyridine rings is 1.